The molecule has 4 heterocycles. The van der Waals surface area contributed by atoms with Gasteiger partial charge in [0.05, 0.1) is 11.7 Å². The molecular formula is C27H33N5O. The quantitative estimate of drug-likeness (QED) is 0.782. The molecule has 1 amide bonds. The van der Waals surface area contributed by atoms with E-state index in [9.17, 15) is 4.79 Å². The molecule has 172 valence electrons. The number of aliphatic imine (C=N–C) groups is 1. The van der Waals surface area contributed by atoms with E-state index in [0.29, 0.717) is 12.5 Å². The minimum Gasteiger partial charge on any atom is -0.342 e. The van der Waals surface area contributed by atoms with Gasteiger partial charge < -0.3 is 20.1 Å². The summed E-state index contributed by atoms with van der Waals surface area (Å²) in [5.41, 5.74) is 7.54. The predicted octanol–water partition coefficient (Wildman–Crippen LogP) is 3.77. The van der Waals surface area contributed by atoms with Crippen LogP contribution in [0.15, 0.2) is 59.8 Å². The predicted molar refractivity (Wildman–Crippen MR) is 132 cm³/mol. The molecule has 1 aliphatic carbocycles. The molecule has 6 rings (SSSR count). The second kappa shape index (κ2) is 7.87. The third-order valence-corrected chi connectivity index (χ3v) is 8.12. The van der Waals surface area contributed by atoms with E-state index in [2.05, 4.69) is 52.9 Å². The summed E-state index contributed by atoms with van der Waals surface area (Å²) in [4.78, 5) is 23.9. The first-order valence-corrected chi connectivity index (χ1v) is 12.4. The maximum Gasteiger partial charge on any atom is 0.258 e. The molecule has 3 atom stereocenters. The van der Waals surface area contributed by atoms with Gasteiger partial charge in [-0.1, -0.05) is 30.7 Å². The maximum absolute atomic E-state index is 14.5. The van der Waals surface area contributed by atoms with Gasteiger partial charge >= 0.3 is 0 Å². The van der Waals surface area contributed by atoms with E-state index in [1.165, 1.54) is 30.2 Å². The number of amides is 1. The fourth-order valence-electron chi connectivity index (χ4n) is 6.04. The third-order valence-electron chi connectivity index (χ3n) is 8.12. The fourth-order valence-corrected chi connectivity index (χ4v) is 6.04. The third kappa shape index (κ3) is 3.18. The van der Waals surface area contributed by atoms with Crippen LogP contribution in [0.1, 0.15) is 44.7 Å². The van der Waals surface area contributed by atoms with E-state index < -0.39 is 5.54 Å². The first-order valence-electron chi connectivity index (χ1n) is 12.4. The second-order valence-corrected chi connectivity index (χ2v) is 10.2. The Kier molecular flexibility index (Phi) is 4.94. The number of nitrogens with zero attached hydrogens (tertiary/aromatic N) is 4. The van der Waals surface area contributed by atoms with E-state index >= 15 is 0 Å². The number of allylic oxidation sites excluding steroid dienone is 2. The van der Waals surface area contributed by atoms with Gasteiger partial charge in [0, 0.05) is 37.4 Å². The Hall–Kier alpha value is -2.86. The number of piperidine rings is 1. The van der Waals surface area contributed by atoms with Crippen molar-refractivity contribution in [2.75, 3.05) is 13.1 Å². The number of hydrogen-bond acceptors (Lipinski definition) is 4. The van der Waals surface area contributed by atoms with Gasteiger partial charge in [0.1, 0.15) is 5.84 Å². The number of amidine groups is 1. The summed E-state index contributed by atoms with van der Waals surface area (Å²) < 4.78 is 2.41. The lowest BCUT2D eigenvalue weighted by Crippen LogP contribution is -2.57. The fraction of sp³-hybridized carbons (Fsp3) is 0.481. The van der Waals surface area contributed by atoms with Crippen molar-refractivity contribution >= 4 is 22.6 Å². The molecule has 6 heteroatoms. The summed E-state index contributed by atoms with van der Waals surface area (Å²) in [5, 5.41) is 1.18. The van der Waals surface area contributed by atoms with Gasteiger partial charge in [-0.3, -0.25) is 4.79 Å². The van der Waals surface area contributed by atoms with Crippen molar-refractivity contribution < 1.29 is 4.79 Å². The average molecular weight is 444 g/mol. The van der Waals surface area contributed by atoms with E-state index in [1.54, 1.807) is 0 Å². The van der Waals surface area contributed by atoms with Crippen molar-refractivity contribution in [3.05, 3.63) is 60.5 Å². The SMILES string of the molecule is CC1N2C=CC=CC2=NC1(C(=O)N1CCCC(N)C1)c1cc2ccccc2n1CC1CCC1. The Morgan fingerprint density at radius 3 is 2.79 bits per heavy atom. The van der Waals surface area contributed by atoms with Gasteiger partial charge in [-0.2, -0.15) is 0 Å². The Morgan fingerprint density at radius 1 is 1.18 bits per heavy atom. The first-order chi connectivity index (χ1) is 16.1. The summed E-state index contributed by atoms with van der Waals surface area (Å²) in [6.45, 7) is 4.45. The van der Waals surface area contributed by atoms with Gasteiger partial charge in [0.2, 0.25) is 5.54 Å². The topological polar surface area (TPSA) is 66.9 Å². The van der Waals surface area contributed by atoms with Crippen LogP contribution in [0.5, 0.6) is 0 Å². The number of likely N-dealkylation sites (tertiary alicyclic amines) is 1. The molecule has 0 bridgehead atoms. The van der Waals surface area contributed by atoms with Crippen LogP contribution in [0.3, 0.4) is 0 Å². The van der Waals surface area contributed by atoms with Gasteiger partial charge in [0.15, 0.2) is 0 Å². The molecule has 3 unspecified atom stereocenters. The lowest BCUT2D eigenvalue weighted by atomic mass is 9.83. The Bertz CT molecular complexity index is 1170. The van der Waals surface area contributed by atoms with Crippen LogP contribution in [0, 0.1) is 5.92 Å². The highest BCUT2D eigenvalue weighted by Gasteiger charge is 2.56. The van der Waals surface area contributed by atoms with Gasteiger partial charge in [-0.05, 0) is 68.2 Å². The van der Waals surface area contributed by atoms with E-state index in [0.717, 1.165) is 37.5 Å². The molecule has 2 N–H and O–H groups in total. The number of aromatic nitrogens is 1. The number of nitrogens with two attached hydrogens (primary N) is 1. The second-order valence-electron chi connectivity index (χ2n) is 10.2. The summed E-state index contributed by atoms with van der Waals surface area (Å²) in [6.07, 6.45) is 13.8. The molecular weight excluding hydrogens is 410 g/mol. The minimum absolute atomic E-state index is 0.0346. The van der Waals surface area contributed by atoms with Crippen molar-refractivity contribution in [3.8, 4) is 0 Å². The van der Waals surface area contributed by atoms with Crippen LogP contribution in [0.2, 0.25) is 0 Å². The zero-order chi connectivity index (χ0) is 22.6. The minimum atomic E-state index is -0.992. The lowest BCUT2D eigenvalue weighted by molar-refractivity contribution is -0.139. The first kappa shape index (κ1) is 20.7. The molecule has 2 aromatic rings. The average Bonchev–Trinajstić information content (AvgIpc) is 3.32. The van der Waals surface area contributed by atoms with Crippen LogP contribution >= 0.6 is 0 Å². The van der Waals surface area contributed by atoms with Crippen molar-refractivity contribution in [3.63, 3.8) is 0 Å². The number of hydrogen-bond donors (Lipinski definition) is 1. The van der Waals surface area contributed by atoms with E-state index in [-0.39, 0.29) is 18.0 Å². The van der Waals surface area contributed by atoms with Crippen LogP contribution < -0.4 is 5.73 Å². The molecule has 3 aliphatic heterocycles. The zero-order valence-corrected chi connectivity index (χ0v) is 19.4. The monoisotopic (exact) mass is 443 g/mol. The maximum atomic E-state index is 14.5. The number of benzene rings is 1. The van der Waals surface area contributed by atoms with Gasteiger partial charge in [0.25, 0.3) is 5.91 Å². The van der Waals surface area contributed by atoms with Crippen molar-refractivity contribution in [2.45, 2.75) is 63.2 Å². The molecule has 1 saturated carbocycles. The van der Waals surface area contributed by atoms with Crippen molar-refractivity contribution in [2.24, 2.45) is 16.6 Å². The smallest absolute Gasteiger partial charge is 0.258 e. The normalized spacial score (nSPS) is 29.3. The van der Waals surface area contributed by atoms with Crippen molar-refractivity contribution in [1.29, 1.82) is 0 Å². The standard InChI is InChI=1S/C27H33N5O/c1-19-27(29-25-13-4-5-15-31(19)25,26(33)30-14-7-11-22(28)18-30)24-16-21-10-2-3-12-23(21)32(24)17-20-8-6-9-20/h2-5,10,12-13,15-16,19-20,22H,6-9,11,14,17-18,28H2,1H3. The number of carbonyl (C=O) groups excluding carboxylic acids is 1. The molecule has 1 aromatic heterocycles. The largest absolute Gasteiger partial charge is 0.342 e. The van der Waals surface area contributed by atoms with Crippen LogP contribution in [0.25, 0.3) is 10.9 Å². The van der Waals surface area contributed by atoms with Gasteiger partial charge in [-0.15, -0.1) is 0 Å². The summed E-state index contributed by atoms with van der Waals surface area (Å²) >= 11 is 0. The molecule has 4 aliphatic rings. The molecule has 6 nitrogen and oxygen atoms in total. The Balaban J connectivity index is 1.55. The summed E-state index contributed by atoms with van der Waals surface area (Å²) in [5.74, 6) is 1.62. The van der Waals surface area contributed by atoms with Crippen molar-refractivity contribution in [1.82, 2.24) is 14.4 Å². The van der Waals surface area contributed by atoms with E-state index in [1.807, 2.05) is 23.1 Å². The highest BCUT2D eigenvalue weighted by Crippen LogP contribution is 2.44. The number of para-hydroxylation sites is 1. The van der Waals surface area contributed by atoms with E-state index in [4.69, 9.17) is 10.7 Å². The summed E-state index contributed by atoms with van der Waals surface area (Å²) in [6, 6.07) is 10.7. The van der Waals surface area contributed by atoms with Crippen LogP contribution in [-0.4, -0.2) is 51.3 Å². The van der Waals surface area contributed by atoms with Gasteiger partial charge in [-0.25, -0.2) is 4.99 Å². The van der Waals surface area contributed by atoms with Crippen LogP contribution in [0.4, 0.5) is 0 Å². The highest BCUT2D eigenvalue weighted by atomic mass is 16.2. The zero-order valence-electron chi connectivity index (χ0n) is 19.4. The Labute approximate surface area is 195 Å². The molecule has 2 fully saturated rings. The number of rotatable bonds is 4. The summed E-state index contributed by atoms with van der Waals surface area (Å²) in [7, 11) is 0. The van der Waals surface area contributed by atoms with Crippen LogP contribution in [-0.2, 0) is 16.9 Å². The Morgan fingerprint density at radius 2 is 2.03 bits per heavy atom. The number of fused-ring (bicyclic) bond motifs is 2. The number of carbonyl (C=O) groups is 1. The molecule has 0 radical (unpaired) electrons. The molecule has 1 saturated heterocycles. The highest BCUT2D eigenvalue weighted by molar-refractivity contribution is 6.03. The lowest BCUT2D eigenvalue weighted by Gasteiger charge is -2.40. The molecule has 1 aromatic carbocycles. The molecule has 33 heavy (non-hydrogen) atoms. The molecule has 0 spiro atoms.